The normalized spacial score (nSPS) is 29.6. The molecule has 1 heterocycles. The van der Waals surface area contributed by atoms with Crippen molar-refractivity contribution in [3.8, 4) is 11.5 Å². The number of phenolic OH excluding ortho intramolecular Hbond substituents is 2. The molecule has 1 saturated heterocycles. The third-order valence-electron chi connectivity index (χ3n) is 10.3. The number of hydrogen-bond donors (Lipinski definition) is 4. The first-order valence-corrected chi connectivity index (χ1v) is 14.3. The van der Waals surface area contributed by atoms with Gasteiger partial charge in [0.25, 0.3) is 0 Å². The van der Waals surface area contributed by atoms with Crippen molar-refractivity contribution in [1.29, 1.82) is 0 Å². The summed E-state index contributed by atoms with van der Waals surface area (Å²) in [5, 5.41) is 32.5. The molecule has 216 valence electrons. The van der Waals surface area contributed by atoms with Gasteiger partial charge in [0.1, 0.15) is 24.3 Å². The first kappa shape index (κ1) is 29.2. The van der Waals surface area contributed by atoms with Crippen LogP contribution in [0, 0.1) is 22.7 Å². The van der Waals surface area contributed by atoms with Gasteiger partial charge < -0.3 is 30.3 Å². The average Bonchev–Trinajstić information content (AvgIpc) is 3.52. The minimum atomic E-state index is -1.46. The second-order valence-corrected chi connectivity index (χ2v) is 12.6. The summed E-state index contributed by atoms with van der Waals surface area (Å²) in [6.45, 7) is 10.9. The lowest BCUT2D eigenvalue weighted by molar-refractivity contribution is -0.165. The number of hydrogen-bond acceptors (Lipinski definition) is 7. The minimum absolute atomic E-state index is 0.0710. The van der Waals surface area contributed by atoms with E-state index in [0.29, 0.717) is 37.3 Å². The molecule has 2 amide bonds. The lowest BCUT2D eigenvalue weighted by atomic mass is 9.70. The number of aromatic hydroxyl groups is 2. The Morgan fingerprint density at radius 3 is 2.46 bits per heavy atom. The zero-order chi connectivity index (χ0) is 28.7. The van der Waals surface area contributed by atoms with Gasteiger partial charge in [0.2, 0.25) is 11.8 Å². The Hall–Kier alpha value is -2.81. The van der Waals surface area contributed by atoms with Crippen molar-refractivity contribution < 1.29 is 34.4 Å². The third-order valence-corrected chi connectivity index (χ3v) is 10.3. The molecule has 7 atom stereocenters. The van der Waals surface area contributed by atoms with E-state index in [-0.39, 0.29) is 52.6 Å². The molecule has 3 aliphatic rings. The Morgan fingerprint density at radius 1 is 1.15 bits per heavy atom. The Morgan fingerprint density at radius 2 is 1.87 bits per heavy atom. The summed E-state index contributed by atoms with van der Waals surface area (Å²) in [6, 6.07) is 2.47. The molecule has 1 aliphatic heterocycles. The first-order chi connectivity index (χ1) is 18.3. The van der Waals surface area contributed by atoms with Crippen LogP contribution in [0.5, 0.6) is 11.5 Å². The second-order valence-electron chi connectivity index (χ2n) is 12.6. The molecule has 4 N–H and O–H groups in total. The maximum absolute atomic E-state index is 13.8. The number of aliphatic hydroxyl groups excluding tert-OH is 1. The van der Waals surface area contributed by atoms with Crippen LogP contribution in [0.1, 0.15) is 78.7 Å². The molecule has 2 bridgehead atoms. The fourth-order valence-corrected chi connectivity index (χ4v) is 6.93. The maximum Gasteiger partial charge on any atom is 0.329 e. The van der Waals surface area contributed by atoms with E-state index in [2.05, 4.69) is 26.1 Å². The Labute approximate surface area is 230 Å². The molecule has 0 aromatic heterocycles. The van der Waals surface area contributed by atoms with Gasteiger partial charge in [-0.1, -0.05) is 47.1 Å². The number of nitrogens with one attached hydrogen (secondary N) is 1. The minimum Gasteiger partial charge on any atom is -0.504 e. The molecule has 9 nitrogen and oxygen atoms in total. The van der Waals surface area contributed by atoms with E-state index in [1.54, 1.807) is 4.90 Å². The number of fused-ring (bicyclic) bond motifs is 2. The van der Waals surface area contributed by atoms with E-state index in [0.717, 1.165) is 19.3 Å². The summed E-state index contributed by atoms with van der Waals surface area (Å²) < 4.78 is 6.12. The van der Waals surface area contributed by atoms with Gasteiger partial charge in [-0.25, -0.2) is 4.79 Å². The predicted molar refractivity (Wildman–Crippen MR) is 145 cm³/mol. The Balaban J connectivity index is 1.42. The number of rotatable bonds is 9. The van der Waals surface area contributed by atoms with Crippen LogP contribution in [0.25, 0.3) is 0 Å². The van der Waals surface area contributed by atoms with Crippen LogP contribution in [0.2, 0.25) is 0 Å². The number of amides is 2. The van der Waals surface area contributed by atoms with E-state index in [1.807, 2.05) is 13.8 Å². The van der Waals surface area contributed by atoms with E-state index in [1.165, 1.54) is 18.2 Å². The van der Waals surface area contributed by atoms with Gasteiger partial charge in [0.15, 0.2) is 11.5 Å². The summed E-state index contributed by atoms with van der Waals surface area (Å²) in [5.74, 6) is -1.75. The van der Waals surface area contributed by atoms with Crippen molar-refractivity contribution in [3.05, 3.63) is 23.8 Å². The van der Waals surface area contributed by atoms with Crippen molar-refractivity contribution in [2.45, 2.75) is 104 Å². The number of aliphatic hydroxyl groups is 1. The molecule has 0 spiro atoms. The summed E-state index contributed by atoms with van der Waals surface area (Å²) in [6.07, 6.45) is 3.13. The highest BCUT2D eigenvalue weighted by Crippen LogP contribution is 2.66. The van der Waals surface area contributed by atoms with Gasteiger partial charge in [0.05, 0.1) is 0 Å². The van der Waals surface area contributed by atoms with Crippen molar-refractivity contribution in [3.63, 3.8) is 0 Å². The van der Waals surface area contributed by atoms with Crippen LogP contribution in [0.15, 0.2) is 18.2 Å². The number of carbonyl (C=O) groups is 3. The standard InChI is InChI=1S/C30H44N2O7/c1-6-17(2)25(31-26(36)23(35)15-18-9-10-21(33)22(34)14-18)27(37)32-13-7-8-20(32)28(38)39-24-16-19-11-12-30(24,5)29(19,3)4/h9-10,14,17,19-20,23-25,33-35H,6-8,11-13,15-16H2,1-5H3,(H,31,36)/t17?,19?,20-,23+,24-,25-,30?/m0/s1. The quantitative estimate of drug-likeness (QED) is 0.277. The lowest BCUT2D eigenvalue weighted by Gasteiger charge is -2.39. The van der Waals surface area contributed by atoms with Gasteiger partial charge in [-0.3, -0.25) is 9.59 Å². The molecule has 3 unspecified atom stereocenters. The summed E-state index contributed by atoms with van der Waals surface area (Å²) in [5.41, 5.74) is 0.493. The van der Waals surface area contributed by atoms with E-state index in [4.69, 9.17) is 4.74 Å². The lowest BCUT2D eigenvalue weighted by Crippen LogP contribution is -2.56. The van der Waals surface area contributed by atoms with Gasteiger partial charge >= 0.3 is 5.97 Å². The predicted octanol–water partition coefficient (Wildman–Crippen LogP) is 3.28. The van der Waals surface area contributed by atoms with Gasteiger partial charge in [-0.05, 0) is 67.1 Å². The van der Waals surface area contributed by atoms with E-state index in [9.17, 15) is 29.7 Å². The number of ether oxygens (including phenoxy) is 1. The van der Waals surface area contributed by atoms with Crippen molar-refractivity contribution in [2.24, 2.45) is 22.7 Å². The van der Waals surface area contributed by atoms with Gasteiger partial charge in [-0.15, -0.1) is 0 Å². The largest absolute Gasteiger partial charge is 0.504 e. The molecule has 3 fully saturated rings. The SMILES string of the molecule is CCC(C)[C@H](NC(=O)[C@H](O)Cc1ccc(O)c(O)c1)C(=O)N1CCC[C@H]1C(=O)O[C@H]1CC2CCC1(C)C2(C)C. The smallest absolute Gasteiger partial charge is 0.329 e. The molecule has 2 saturated carbocycles. The Kier molecular flexibility index (Phi) is 8.22. The van der Waals surface area contributed by atoms with Crippen LogP contribution in [-0.4, -0.2) is 68.8 Å². The van der Waals surface area contributed by atoms with Crippen molar-refractivity contribution >= 4 is 17.8 Å². The number of likely N-dealkylation sites (tertiary alicyclic amines) is 1. The highest BCUT2D eigenvalue weighted by molar-refractivity contribution is 5.92. The molecule has 0 radical (unpaired) electrons. The summed E-state index contributed by atoms with van der Waals surface area (Å²) in [4.78, 5) is 41.6. The fraction of sp³-hybridized carbons (Fsp3) is 0.700. The molecule has 4 rings (SSSR count). The molecular formula is C30H44N2O7. The van der Waals surface area contributed by atoms with Crippen molar-refractivity contribution in [2.75, 3.05) is 6.54 Å². The van der Waals surface area contributed by atoms with E-state index >= 15 is 0 Å². The fourth-order valence-electron chi connectivity index (χ4n) is 6.93. The number of esters is 1. The molecular weight excluding hydrogens is 500 g/mol. The maximum atomic E-state index is 13.8. The Bertz CT molecular complexity index is 1100. The average molecular weight is 545 g/mol. The summed E-state index contributed by atoms with van der Waals surface area (Å²) >= 11 is 0. The topological polar surface area (TPSA) is 136 Å². The van der Waals surface area contributed by atoms with Gasteiger partial charge in [-0.2, -0.15) is 0 Å². The molecule has 2 aliphatic carbocycles. The molecule has 1 aromatic rings. The molecule has 39 heavy (non-hydrogen) atoms. The van der Waals surface area contributed by atoms with Crippen LogP contribution < -0.4 is 5.32 Å². The molecule has 1 aromatic carbocycles. The van der Waals surface area contributed by atoms with Gasteiger partial charge in [0, 0.05) is 18.4 Å². The number of carbonyl (C=O) groups excluding carboxylic acids is 3. The first-order valence-electron chi connectivity index (χ1n) is 14.3. The second kappa shape index (κ2) is 11.0. The van der Waals surface area contributed by atoms with Crippen LogP contribution in [0.3, 0.4) is 0 Å². The zero-order valence-corrected chi connectivity index (χ0v) is 23.8. The highest BCUT2D eigenvalue weighted by Gasteiger charge is 2.63. The third kappa shape index (κ3) is 5.34. The highest BCUT2D eigenvalue weighted by atomic mass is 16.5. The number of benzene rings is 1. The number of nitrogens with zero attached hydrogens (tertiary/aromatic N) is 1. The van der Waals surface area contributed by atoms with Crippen LogP contribution >= 0.6 is 0 Å². The summed E-state index contributed by atoms with van der Waals surface area (Å²) in [7, 11) is 0. The van der Waals surface area contributed by atoms with Crippen LogP contribution in [0.4, 0.5) is 0 Å². The molecule has 9 heteroatoms. The van der Waals surface area contributed by atoms with E-state index < -0.39 is 24.1 Å². The number of phenols is 2. The monoisotopic (exact) mass is 544 g/mol. The van der Waals surface area contributed by atoms with Crippen molar-refractivity contribution in [1.82, 2.24) is 10.2 Å². The van der Waals surface area contributed by atoms with Crippen LogP contribution in [-0.2, 0) is 25.5 Å². The zero-order valence-electron chi connectivity index (χ0n) is 23.8.